The van der Waals surface area contributed by atoms with Crippen molar-refractivity contribution in [2.75, 3.05) is 13.1 Å². The van der Waals surface area contributed by atoms with Crippen LogP contribution in [0.5, 0.6) is 5.75 Å². The van der Waals surface area contributed by atoms with Crippen LogP contribution in [0.25, 0.3) is 0 Å². The summed E-state index contributed by atoms with van der Waals surface area (Å²) in [5.41, 5.74) is 1.70. The molecule has 1 unspecified atom stereocenters. The molecule has 2 aliphatic heterocycles. The number of nitrogens with zero attached hydrogens (tertiary/aromatic N) is 5. The third kappa shape index (κ3) is 3.23. The molecule has 1 N–H and O–H groups in total. The summed E-state index contributed by atoms with van der Waals surface area (Å²) in [6.45, 7) is 3.15. The predicted octanol–water partition coefficient (Wildman–Crippen LogP) is 2.53. The van der Waals surface area contributed by atoms with Crippen LogP contribution in [0.3, 0.4) is 0 Å². The molecular formula is C21H29N5O3. The summed E-state index contributed by atoms with van der Waals surface area (Å²) in [4.78, 5) is 14.6. The monoisotopic (exact) mass is 399 g/mol. The first-order valence-electron chi connectivity index (χ1n) is 10.7. The van der Waals surface area contributed by atoms with Crippen molar-refractivity contribution in [3.63, 3.8) is 0 Å². The van der Waals surface area contributed by atoms with Gasteiger partial charge in [-0.1, -0.05) is 12.8 Å². The lowest BCUT2D eigenvalue weighted by Crippen LogP contribution is -2.51. The molecule has 8 heteroatoms. The van der Waals surface area contributed by atoms with Gasteiger partial charge in [0.05, 0.1) is 12.2 Å². The van der Waals surface area contributed by atoms with Gasteiger partial charge in [-0.3, -0.25) is 14.2 Å². The van der Waals surface area contributed by atoms with Crippen LogP contribution in [-0.2, 0) is 7.05 Å². The van der Waals surface area contributed by atoms with Gasteiger partial charge < -0.3 is 14.7 Å². The van der Waals surface area contributed by atoms with E-state index in [-0.39, 0.29) is 5.91 Å². The van der Waals surface area contributed by atoms with Crippen molar-refractivity contribution in [1.29, 1.82) is 0 Å². The highest BCUT2D eigenvalue weighted by atomic mass is 16.5. The molecule has 3 aliphatic rings. The second-order valence-corrected chi connectivity index (χ2v) is 8.89. The standard InChI is InChI=1S/C21H29N5O3/c1-14-11-16(22-24(14)2)20(28)25-9-7-21(8-10-25)12-17(27)19-18(29-21)13-26(23-19)15-5-3-4-6-15/h11,13,15,17,27H,3-10,12H2,1-2H3. The summed E-state index contributed by atoms with van der Waals surface area (Å²) in [6, 6.07) is 2.26. The number of aliphatic hydroxyl groups excluding tert-OH is 1. The highest BCUT2D eigenvalue weighted by molar-refractivity contribution is 5.92. The molecule has 0 radical (unpaired) electrons. The topological polar surface area (TPSA) is 85.4 Å². The van der Waals surface area contributed by atoms with Crippen LogP contribution < -0.4 is 4.74 Å². The molecule has 1 atom stereocenters. The molecule has 1 saturated heterocycles. The minimum atomic E-state index is -0.609. The highest BCUT2D eigenvalue weighted by Gasteiger charge is 2.45. The quantitative estimate of drug-likeness (QED) is 0.839. The Morgan fingerprint density at radius 2 is 1.97 bits per heavy atom. The average Bonchev–Trinajstić information content (AvgIpc) is 3.42. The molecule has 8 nitrogen and oxygen atoms in total. The zero-order valence-electron chi connectivity index (χ0n) is 17.2. The zero-order valence-corrected chi connectivity index (χ0v) is 17.2. The molecule has 2 aromatic rings. The van der Waals surface area contributed by atoms with E-state index in [0.29, 0.717) is 49.8 Å². The number of rotatable bonds is 2. The summed E-state index contributed by atoms with van der Waals surface area (Å²) >= 11 is 0. The summed E-state index contributed by atoms with van der Waals surface area (Å²) in [5.74, 6) is 0.686. The van der Waals surface area contributed by atoms with Gasteiger partial charge in [-0.05, 0) is 25.8 Å². The Bertz CT molecular complexity index is 899. The first kappa shape index (κ1) is 18.7. The number of carbonyl (C=O) groups is 1. The van der Waals surface area contributed by atoms with Crippen molar-refractivity contribution in [2.24, 2.45) is 7.05 Å². The van der Waals surface area contributed by atoms with Crippen LogP contribution in [0.2, 0.25) is 0 Å². The van der Waals surface area contributed by atoms with Crippen molar-refractivity contribution in [2.45, 2.75) is 69.6 Å². The maximum atomic E-state index is 12.8. The number of hydrogen-bond acceptors (Lipinski definition) is 5. The number of fused-ring (bicyclic) bond motifs is 1. The van der Waals surface area contributed by atoms with Gasteiger partial charge in [-0.25, -0.2) is 0 Å². The summed E-state index contributed by atoms with van der Waals surface area (Å²) in [6.07, 6.45) is 8.07. The number of hydrogen-bond donors (Lipinski definition) is 1. The fourth-order valence-electron chi connectivity index (χ4n) is 5.03. The van der Waals surface area contributed by atoms with Gasteiger partial charge in [0.1, 0.15) is 17.4 Å². The molecule has 1 saturated carbocycles. The van der Waals surface area contributed by atoms with Gasteiger partial charge in [0.2, 0.25) is 0 Å². The minimum absolute atomic E-state index is 0.0327. The Kier molecular flexibility index (Phi) is 4.42. The second kappa shape index (κ2) is 6.86. The number of amides is 1. The van der Waals surface area contributed by atoms with E-state index < -0.39 is 11.7 Å². The maximum absolute atomic E-state index is 12.8. The minimum Gasteiger partial charge on any atom is -0.483 e. The van der Waals surface area contributed by atoms with Crippen LogP contribution in [0, 0.1) is 6.92 Å². The van der Waals surface area contributed by atoms with E-state index in [2.05, 4.69) is 10.2 Å². The van der Waals surface area contributed by atoms with Crippen LogP contribution >= 0.6 is 0 Å². The molecule has 1 aliphatic carbocycles. The summed E-state index contributed by atoms with van der Waals surface area (Å²) in [7, 11) is 1.85. The lowest BCUT2D eigenvalue weighted by Gasteiger charge is -2.44. The van der Waals surface area contributed by atoms with E-state index in [4.69, 9.17) is 4.74 Å². The lowest BCUT2D eigenvalue weighted by atomic mass is 9.83. The Morgan fingerprint density at radius 1 is 1.24 bits per heavy atom. The van der Waals surface area contributed by atoms with Gasteiger partial charge in [0.15, 0.2) is 11.4 Å². The molecule has 29 heavy (non-hydrogen) atoms. The van der Waals surface area contributed by atoms with E-state index in [1.165, 1.54) is 12.8 Å². The number of aryl methyl sites for hydroxylation is 2. The van der Waals surface area contributed by atoms with Crippen molar-refractivity contribution in [3.8, 4) is 5.75 Å². The molecule has 2 aromatic heterocycles. The normalized spacial score (nSPS) is 24.0. The SMILES string of the molecule is Cc1cc(C(=O)N2CCC3(CC2)CC(O)c2nn(C4CCCC4)cc2O3)nn1C. The Balaban J connectivity index is 1.29. The third-order valence-corrected chi connectivity index (χ3v) is 6.93. The zero-order chi connectivity index (χ0) is 20.2. The maximum Gasteiger partial charge on any atom is 0.274 e. The third-order valence-electron chi connectivity index (χ3n) is 6.93. The van der Waals surface area contributed by atoms with Crippen molar-refractivity contribution in [1.82, 2.24) is 24.5 Å². The summed E-state index contributed by atoms with van der Waals surface area (Å²) in [5, 5.41) is 19.7. The largest absolute Gasteiger partial charge is 0.483 e. The highest BCUT2D eigenvalue weighted by Crippen LogP contribution is 2.45. The van der Waals surface area contributed by atoms with Crippen molar-refractivity contribution in [3.05, 3.63) is 29.3 Å². The molecule has 5 rings (SSSR count). The van der Waals surface area contributed by atoms with Gasteiger partial charge in [-0.2, -0.15) is 10.2 Å². The van der Waals surface area contributed by atoms with E-state index in [1.807, 2.05) is 35.8 Å². The molecule has 1 spiro atoms. The molecule has 4 heterocycles. The van der Waals surface area contributed by atoms with E-state index in [1.54, 1.807) is 4.68 Å². The fraction of sp³-hybridized carbons (Fsp3) is 0.667. The predicted molar refractivity (Wildman–Crippen MR) is 106 cm³/mol. The number of piperidine rings is 1. The van der Waals surface area contributed by atoms with E-state index >= 15 is 0 Å². The van der Waals surface area contributed by atoms with Gasteiger partial charge in [0.25, 0.3) is 5.91 Å². The first-order valence-corrected chi connectivity index (χ1v) is 10.7. The second-order valence-electron chi connectivity index (χ2n) is 8.89. The summed E-state index contributed by atoms with van der Waals surface area (Å²) < 4.78 is 10.2. The van der Waals surface area contributed by atoms with E-state index in [0.717, 1.165) is 24.3 Å². The van der Waals surface area contributed by atoms with Gasteiger partial charge >= 0.3 is 0 Å². The van der Waals surface area contributed by atoms with E-state index in [9.17, 15) is 9.90 Å². The Morgan fingerprint density at radius 3 is 2.62 bits per heavy atom. The fourth-order valence-corrected chi connectivity index (χ4v) is 5.03. The van der Waals surface area contributed by atoms with Crippen LogP contribution in [0.15, 0.2) is 12.3 Å². The number of aliphatic hydroxyl groups is 1. The molecule has 0 bridgehead atoms. The number of ether oxygens (including phenoxy) is 1. The molecule has 0 aromatic carbocycles. The van der Waals surface area contributed by atoms with Crippen LogP contribution in [0.4, 0.5) is 0 Å². The average molecular weight is 399 g/mol. The number of carbonyl (C=O) groups excluding carboxylic acids is 1. The van der Waals surface area contributed by atoms with Gasteiger partial charge in [0, 0.05) is 45.1 Å². The number of aromatic nitrogens is 4. The first-order chi connectivity index (χ1) is 13.9. The molecular weight excluding hydrogens is 370 g/mol. The number of likely N-dealkylation sites (tertiary alicyclic amines) is 1. The molecule has 156 valence electrons. The molecule has 2 fully saturated rings. The van der Waals surface area contributed by atoms with Crippen molar-refractivity contribution < 1.29 is 14.6 Å². The lowest BCUT2D eigenvalue weighted by molar-refractivity contribution is -0.0505. The van der Waals surface area contributed by atoms with Crippen molar-refractivity contribution >= 4 is 5.91 Å². The van der Waals surface area contributed by atoms with Crippen LogP contribution in [0.1, 0.15) is 79.0 Å². The van der Waals surface area contributed by atoms with Crippen LogP contribution in [-0.4, -0.2) is 54.2 Å². The Hall–Kier alpha value is -2.35. The smallest absolute Gasteiger partial charge is 0.274 e. The Labute approximate surface area is 170 Å². The van der Waals surface area contributed by atoms with Gasteiger partial charge in [-0.15, -0.1) is 0 Å². The molecule has 1 amide bonds.